The molecule has 0 bridgehead atoms. The summed E-state index contributed by atoms with van der Waals surface area (Å²) in [5.41, 5.74) is 2.03. The average molecular weight is 411 g/mol. The minimum Gasteiger partial charge on any atom is -0.371 e. The summed E-state index contributed by atoms with van der Waals surface area (Å²) in [6, 6.07) is 6.15. The zero-order valence-corrected chi connectivity index (χ0v) is 18.0. The Morgan fingerprint density at radius 2 is 2.07 bits per heavy atom. The van der Waals surface area contributed by atoms with E-state index in [1.165, 1.54) is 0 Å². The molecule has 8 heteroatoms. The Hall–Kier alpha value is -2.79. The van der Waals surface area contributed by atoms with Gasteiger partial charge < -0.3 is 15.6 Å². The van der Waals surface area contributed by atoms with Crippen molar-refractivity contribution in [2.45, 2.75) is 45.6 Å². The van der Waals surface area contributed by atoms with Gasteiger partial charge in [-0.05, 0) is 56.3 Å². The Bertz CT molecular complexity index is 1140. The molecular weight excluding hydrogens is 380 g/mol. The third-order valence-electron chi connectivity index (χ3n) is 6.57. The SMILES string of the molecule is Cc1c(N2CCC(C)(CN(C)CCC#N)C2)ccc2c(=O)n(N)c(=O)n(C3CC3)c12. The first-order valence-corrected chi connectivity index (χ1v) is 10.6. The van der Waals surface area contributed by atoms with Crippen LogP contribution in [0.15, 0.2) is 21.7 Å². The van der Waals surface area contributed by atoms with Crippen LogP contribution in [0.1, 0.15) is 44.2 Å². The number of aromatic nitrogens is 2. The van der Waals surface area contributed by atoms with Gasteiger partial charge in [-0.2, -0.15) is 9.94 Å². The van der Waals surface area contributed by atoms with E-state index < -0.39 is 11.2 Å². The first kappa shape index (κ1) is 20.5. The molecular formula is C22H30N6O2. The molecule has 1 aromatic heterocycles. The van der Waals surface area contributed by atoms with Crippen molar-refractivity contribution in [2.24, 2.45) is 5.41 Å². The van der Waals surface area contributed by atoms with Crippen LogP contribution in [0.2, 0.25) is 0 Å². The molecule has 2 N–H and O–H groups in total. The lowest BCUT2D eigenvalue weighted by molar-refractivity contribution is 0.214. The topological polar surface area (TPSA) is 100 Å². The highest BCUT2D eigenvalue weighted by Crippen LogP contribution is 2.39. The van der Waals surface area contributed by atoms with Gasteiger partial charge in [0.25, 0.3) is 5.56 Å². The van der Waals surface area contributed by atoms with Crippen molar-refractivity contribution in [3.63, 3.8) is 0 Å². The molecule has 1 saturated carbocycles. The van der Waals surface area contributed by atoms with Crippen LogP contribution in [-0.4, -0.2) is 47.4 Å². The van der Waals surface area contributed by atoms with E-state index in [4.69, 9.17) is 11.1 Å². The molecule has 0 radical (unpaired) electrons. The van der Waals surface area contributed by atoms with Crippen LogP contribution in [0, 0.1) is 23.7 Å². The molecule has 4 rings (SSSR count). The molecule has 0 amide bonds. The third kappa shape index (κ3) is 3.47. The van der Waals surface area contributed by atoms with Gasteiger partial charge in [0.2, 0.25) is 0 Å². The fourth-order valence-electron chi connectivity index (χ4n) is 4.94. The van der Waals surface area contributed by atoms with Gasteiger partial charge in [-0.25, -0.2) is 4.79 Å². The first-order valence-electron chi connectivity index (χ1n) is 10.6. The Labute approximate surface area is 176 Å². The van der Waals surface area contributed by atoms with Gasteiger partial charge in [0.1, 0.15) is 0 Å². The van der Waals surface area contributed by atoms with Crippen molar-refractivity contribution in [3.05, 3.63) is 38.5 Å². The third-order valence-corrected chi connectivity index (χ3v) is 6.57. The van der Waals surface area contributed by atoms with E-state index in [1.54, 1.807) is 4.57 Å². The smallest absolute Gasteiger partial charge is 0.350 e. The number of nitrogens with zero attached hydrogens (tertiary/aromatic N) is 5. The standard InChI is InChI=1S/C22H30N6O2/c1-15-18(26-12-9-22(2,14-26)13-25(3)11-4-10-23)8-7-17-19(15)27(16-5-6-16)21(30)28(24)20(17)29/h7-8,16H,4-6,9,11-14,24H2,1-3H3. The van der Waals surface area contributed by atoms with Crippen molar-refractivity contribution in [2.75, 3.05) is 44.0 Å². The average Bonchev–Trinajstić information content (AvgIpc) is 3.47. The summed E-state index contributed by atoms with van der Waals surface area (Å²) < 4.78 is 2.46. The lowest BCUT2D eigenvalue weighted by Gasteiger charge is -2.30. The van der Waals surface area contributed by atoms with Crippen molar-refractivity contribution >= 4 is 16.6 Å². The molecule has 0 spiro atoms. The zero-order valence-electron chi connectivity index (χ0n) is 18.0. The van der Waals surface area contributed by atoms with Gasteiger partial charge in [-0.15, -0.1) is 0 Å². The molecule has 2 aromatic rings. The molecule has 1 aromatic carbocycles. The molecule has 160 valence electrons. The number of hydrogen-bond acceptors (Lipinski definition) is 6. The van der Waals surface area contributed by atoms with Crippen LogP contribution in [0.3, 0.4) is 0 Å². The minimum absolute atomic E-state index is 0.127. The largest absolute Gasteiger partial charge is 0.371 e. The van der Waals surface area contributed by atoms with Crippen molar-refractivity contribution in [3.8, 4) is 6.07 Å². The second kappa shape index (κ2) is 7.47. The van der Waals surface area contributed by atoms with Crippen LogP contribution >= 0.6 is 0 Å². The normalized spacial score (nSPS) is 21.5. The fourth-order valence-corrected chi connectivity index (χ4v) is 4.94. The van der Waals surface area contributed by atoms with Gasteiger partial charge in [0.15, 0.2) is 0 Å². The number of nitriles is 1. The molecule has 1 saturated heterocycles. The predicted octanol–water partition coefficient (Wildman–Crippen LogP) is 1.58. The number of nitrogens with two attached hydrogens (primary N) is 1. The maximum atomic E-state index is 12.7. The zero-order chi connectivity index (χ0) is 21.6. The Morgan fingerprint density at radius 1 is 1.33 bits per heavy atom. The highest BCUT2D eigenvalue weighted by molar-refractivity contribution is 5.87. The predicted molar refractivity (Wildman–Crippen MR) is 118 cm³/mol. The van der Waals surface area contributed by atoms with Crippen LogP contribution in [-0.2, 0) is 0 Å². The van der Waals surface area contributed by atoms with E-state index in [1.807, 2.05) is 19.1 Å². The van der Waals surface area contributed by atoms with Gasteiger partial charge in [-0.3, -0.25) is 9.36 Å². The summed E-state index contributed by atoms with van der Waals surface area (Å²) in [6.45, 7) is 7.83. The van der Waals surface area contributed by atoms with Crippen molar-refractivity contribution < 1.29 is 0 Å². The summed E-state index contributed by atoms with van der Waals surface area (Å²) in [5, 5.41) is 9.33. The number of anilines is 1. The first-order chi connectivity index (χ1) is 14.3. The summed E-state index contributed by atoms with van der Waals surface area (Å²) in [7, 11) is 2.07. The number of nitrogen functional groups attached to an aromatic ring is 1. The van der Waals surface area contributed by atoms with Crippen LogP contribution in [0.4, 0.5) is 5.69 Å². The van der Waals surface area contributed by atoms with E-state index in [9.17, 15) is 9.59 Å². The van der Waals surface area contributed by atoms with Gasteiger partial charge in [0, 0.05) is 44.3 Å². The molecule has 8 nitrogen and oxygen atoms in total. The quantitative estimate of drug-likeness (QED) is 0.726. The van der Waals surface area contributed by atoms with E-state index in [0.717, 1.165) is 66.9 Å². The molecule has 2 heterocycles. The van der Waals surface area contributed by atoms with Crippen LogP contribution in [0.25, 0.3) is 10.9 Å². The molecule has 1 aliphatic heterocycles. The van der Waals surface area contributed by atoms with E-state index >= 15 is 0 Å². The second-order valence-corrected chi connectivity index (χ2v) is 9.29. The van der Waals surface area contributed by atoms with Crippen molar-refractivity contribution in [1.29, 1.82) is 5.26 Å². The lowest BCUT2D eigenvalue weighted by Crippen LogP contribution is -2.44. The Morgan fingerprint density at radius 3 is 2.73 bits per heavy atom. The van der Waals surface area contributed by atoms with E-state index in [-0.39, 0.29) is 11.5 Å². The number of fused-ring (bicyclic) bond motifs is 1. The minimum atomic E-state index is -0.438. The molecule has 2 aliphatic rings. The molecule has 2 fully saturated rings. The highest BCUT2D eigenvalue weighted by Gasteiger charge is 2.36. The Kier molecular flexibility index (Phi) is 5.10. The number of benzene rings is 1. The molecule has 30 heavy (non-hydrogen) atoms. The summed E-state index contributed by atoms with van der Waals surface area (Å²) >= 11 is 0. The number of aryl methyl sites for hydroxylation is 1. The maximum Gasteiger partial charge on any atom is 0.350 e. The summed E-state index contributed by atoms with van der Waals surface area (Å²) in [4.78, 5) is 30.0. The maximum absolute atomic E-state index is 12.7. The summed E-state index contributed by atoms with van der Waals surface area (Å²) in [6.07, 6.45) is 3.47. The highest BCUT2D eigenvalue weighted by atomic mass is 16.2. The van der Waals surface area contributed by atoms with Gasteiger partial charge >= 0.3 is 5.69 Å². The van der Waals surface area contributed by atoms with Crippen LogP contribution in [0.5, 0.6) is 0 Å². The number of hydrogen-bond donors (Lipinski definition) is 1. The van der Waals surface area contributed by atoms with Gasteiger partial charge in [-0.1, -0.05) is 6.92 Å². The lowest BCUT2D eigenvalue weighted by atomic mass is 9.89. The van der Waals surface area contributed by atoms with E-state index in [0.29, 0.717) is 11.8 Å². The van der Waals surface area contributed by atoms with Crippen molar-refractivity contribution in [1.82, 2.24) is 14.1 Å². The second-order valence-electron chi connectivity index (χ2n) is 9.29. The van der Waals surface area contributed by atoms with Gasteiger partial charge in [0.05, 0.1) is 17.0 Å². The fraction of sp³-hybridized carbons (Fsp3) is 0.591. The summed E-state index contributed by atoms with van der Waals surface area (Å²) in [5.74, 6) is 5.78. The molecule has 1 unspecified atom stereocenters. The Balaban J connectivity index is 1.70. The monoisotopic (exact) mass is 410 g/mol. The molecule has 1 atom stereocenters. The number of rotatable bonds is 6. The molecule has 1 aliphatic carbocycles. The van der Waals surface area contributed by atoms with E-state index in [2.05, 4.69) is 29.8 Å². The van der Waals surface area contributed by atoms with Crippen LogP contribution < -0.4 is 22.0 Å².